The van der Waals surface area contributed by atoms with Gasteiger partial charge in [0.05, 0.1) is 14.2 Å². The summed E-state index contributed by atoms with van der Waals surface area (Å²) in [5.41, 5.74) is 0.925. The number of rotatable bonds is 7. The fourth-order valence-electron chi connectivity index (χ4n) is 3.32. The molecule has 4 nitrogen and oxygen atoms in total. The Labute approximate surface area is 161 Å². The highest BCUT2D eigenvalue weighted by atomic mass is 28.3. The van der Waals surface area contributed by atoms with Crippen LogP contribution in [0.2, 0.25) is 6.04 Å². The Morgan fingerprint density at radius 1 is 0.926 bits per heavy atom. The number of carbonyl (C=O) groups is 2. The van der Waals surface area contributed by atoms with Crippen LogP contribution >= 0.6 is 0 Å². The van der Waals surface area contributed by atoms with Crippen LogP contribution in [0.25, 0.3) is 0 Å². The van der Waals surface area contributed by atoms with E-state index in [0.29, 0.717) is 11.2 Å². The van der Waals surface area contributed by atoms with E-state index in [1.54, 1.807) is 0 Å². The van der Waals surface area contributed by atoms with Gasteiger partial charge in [0.2, 0.25) is 0 Å². The molecule has 2 aromatic rings. The highest BCUT2D eigenvalue weighted by Crippen LogP contribution is 2.26. The minimum atomic E-state index is -2.92. The quantitative estimate of drug-likeness (QED) is 0.321. The maximum Gasteiger partial charge on any atom is 0.330 e. The third kappa shape index (κ3) is 4.44. The molecule has 0 bridgehead atoms. The minimum absolute atomic E-state index is 0.345. The number of hydrogen-bond acceptors (Lipinski definition) is 4. The summed E-state index contributed by atoms with van der Waals surface area (Å²) in [6, 6.07) is 20.2. The standard InChI is InChI=1S/C22H24O4Si/c1-17(2)16-27(18-11-7-5-8-12-18,19-13-9-6-10-14-19)20(22(24)26-4)15-21(23)25-3/h5-15H,1,16H2,2-4H3/b20-15+. The van der Waals surface area contributed by atoms with Gasteiger partial charge in [-0.3, -0.25) is 0 Å². The number of hydrogen-bond donors (Lipinski definition) is 0. The number of ether oxygens (including phenoxy) is 2. The molecule has 0 heterocycles. The van der Waals surface area contributed by atoms with Crippen LogP contribution < -0.4 is 10.4 Å². The van der Waals surface area contributed by atoms with Crippen LogP contribution in [0.5, 0.6) is 0 Å². The van der Waals surface area contributed by atoms with E-state index in [1.807, 2.05) is 67.6 Å². The zero-order valence-electron chi connectivity index (χ0n) is 15.9. The smallest absolute Gasteiger partial charge is 0.330 e. The van der Waals surface area contributed by atoms with E-state index in [1.165, 1.54) is 20.3 Å². The largest absolute Gasteiger partial charge is 0.466 e. The highest BCUT2D eigenvalue weighted by molar-refractivity contribution is 7.10. The van der Waals surface area contributed by atoms with Gasteiger partial charge in [0.25, 0.3) is 0 Å². The molecule has 0 aliphatic rings. The SMILES string of the molecule is C=C(C)C[Si](/C(=C/C(=O)OC)C(=O)OC)(c1ccccc1)c1ccccc1. The molecule has 5 heteroatoms. The van der Waals surface area contributed by atoms with Crippen molar-refractivity contribution < 1.29 is 19.1 Å². The lowest BCUT2D eigenvalue weighted by molar-refractivity contribution is -0.138. The predicted molar refractivity (Wildman–Crippen MR) is 110 cm³/mol. The van der Waals surface area contributed by atoms with Gasteiger partial charge in [0, 0.05) is 11.3 Å². The van der Waals surface area contributed by atoms with E-state index < -0.39 is 20.0 Å². The molecule has 0 radical (unpaired) electrons. The molecule has 27 heavy (non-hydrogen) atoms. The van der Waals surface area contributed by atoms with E-state index >= 15 is 0 Å². The summed E-state index contributed by atoms with van der Waals surface area (Å²) in [4.78, 5) is 25.0. The van der Waals surface area contributed by atoms with Crippen molar-refractivity contribution in [3.05, 3.63) is 84.1 Å². The van der Waals surface area contributed by atoms with Crippen LogP contribution in [0.3, 0.4) is 0 Å². The normalized spacial score (nSPS) is 11.6. The second-order valence-electron chi connectivity index (χ2n) is 6.34. The minimum Gasteiger partial charge on any atom is -0.466 e. The van der Waals surface area contributed by atoms with Crippen LogP contribution in [0.1, 0.15) is 6.92 Å². The summed E-state index contributed by atoms with van der Waals surface area (Å²) in [6.07, 6.45) is 1.28. The Hall–Kier alpha value is -2.92. The zero-order chi connectivity index (χ0) is 19.9. The van der Waals surface area contributed by atoms with Crippen LogP contribution in [0, 0.1) is 0 Å². The fourth-order valence-corrected chi connectivity index (χ4v) is 8.12. The van der Waals surface area contributed by atoms with Crippen molar-refractivity contribution in [2.45, 2.75) is 13.0 Å². The summed E-state index contributed by atoms with van der Waals surface area (Å²) in [7, 11) is -0.302. The average molecular weight is 381 g/mol. The van der Waals surface area contributed by atoms with Crippen LogP contribution in [0.15, 0.2) is 84.1 Å². The van der Waals surface area contributed by atoms with E-state index in [9.17, 15) is 9.59 Å². The van der Waals surface area contributed by atoms with E-state index in [-0.39, 0.29) is 0 Å². The number of allylic oxidation sites excluding steroid dienone is 1. The summed E-state index contributed by atoms with van der Waals surface area (Å²) in [5, 5.41) is 2.34. The second-order valence-corrected chi connectivity index (χ2v) is 10.2. The van der Waals surface area contributed by atoms with Gasteiger partial charge in [-0.25, -0.2) is 9.59 Å². The average Bonchev–Trinajstić information content (AvgIpc) is 2.70. The molecule has 0 amide bonds. The van der Waals surface area contributed by atoms with Crippen molar-refractivity contribution in [1.82, 2.24) is 0 Å². The van der Waals surface area contributed by atoms with Gasteiger partial charge in [-0.2, -0.15) is 0 Å². The molecule has 0 aromatic heterocycles. The summed E-state index contributed by atoms with van der Waals surface area (Å²) < 4.78 is 9.90. The molecule has 0 atom stereocenters. The van der Waals surface area contributed by atoms with Gasteiger partial charge >= 0.3 is 11.9 Å². The third-order valence-electron chi connectivity index (χ3n) is 4.43. The predicted octanol–water partition coefficient (Wildman–Crippen LogP) is 2.64. The van der Waals surface area contributed by atoms with Gasteiger partial charge in [-0.05, 0) is 23.3 Å². The van der Waals surface area contributed by atoms with Gasteiger partial charge < -0.3 is 9.47 Å². The van der Waals surface area contributed by atoms with Crippen molar-refractivity contribution in [2.24, 2.45) is 0 Å². The molecule has 0 spiro atoms. The fraction of sp³-hybridized carbons (Fsp3) is 0.182. The van der Waals surface area contributed by atoms with Gasteiger partial charge in [0.15, 0.2) is 8.07 Å². The summed E-state index contributed by atoms with van der Waals surface area (Å²) in [6.45, 7) is 6.03. The monoisotopic (exact) mass is 380 g/mol. The first kappa shape index (κ1) is 20.4. The Balaban J connectivity index is 2.92. The van der Waals surface area contributed by atoms with Crippen molar-refractivity contribution in [3.8, 4) is 0 Å². The van der Waals surface area contributed by atoms with Crippen LogP contribution in [-0.2, 0) is 19.1 Å². The van der Waals surface area contributed by atoms with Crippen molar-refractivity contribution in [2.75, 3.05) is 14.2 Å². The van der Waals surface area contributed by atoms with E-state index in [4.69, 9.17) is 9.47 Å². The van der Waals surface area contributed by atoms with E-state index in [0.717, 1.165) is 15.9 Å². The Kier molecular flexibility index (Phi) is 6.90. The van der Waals surface area contributed by atoms with Crippen molar-refractivity contribution >= 4 is 30.4 Å². The first-order chi connectivity index (χ1) is 13.0. The first-order valence-corrected chi connectivity index (χ1v) is 10.8. The Morgan fingerprint density at radius 2 is 1.41 bits per heavy atom. The molecule has 0 aliphatic carbocycles. The van der Waals surface area contributed by atoms with Crippen molar-refractivity contribution in [3.63, 3.8) is 0 Å². The van der Waals surface area contributed by atoms with Gasteiger partial charge in [0.1, 0.15) is 0 Å². The van der Waals surface area contributed by atoms with Crippen LogP contribution in [-0.4, -0.2) is 34.2 Å². The molecule has 0 fully saturated rings. The lowest BCUT2D eigenvalue weighted by Gasteiger charge is -2.34. The third-order valence-corrected chi connectivity index (χ3v) is 9.47. The molecule has 0 N–H and O–H groups in total. The summed E-state index contributed by atoms with van der Waals surface area (Å²) in [5.74, 6) is -1.11. The Bertz CT molecular complexity index is 802. The number of carbonyl (C=O) groups excluding carboxylic acids is 2. The first-order valence-electron chi connectivity index (χ1n) is 8.59. The lowest BCUT2D eigenvalue weighted by Crippen LogP contribution is -2.62. The molecule has 0 aliphatic heterocycles. The van der Waals surface area contributed by atoms with Crippen molar-refractivity contribution in [1.29, 1.82) is 0 Å². The summed E-state index contributed by atoms with van der Waals surface area (Å²) >= 11 is 0. The molecule has 0 unspecified atom stereocenters. The maximum atomic E-state index is 12.8. The topological polar surface area (TPSA) is 52.6 Å². The number of benzene rings is 2. The molecule has 0 saturated heterocycles. The molecule has 2 aromatic carbocycles. The molecule has 2 rings (SSSR count). The highest BCUT2D eigenvalue weighted by Gasteiger charge is 2.45. The molecular weight excluding hydrogens is 356 g/mol. The number of esters is 2. The van der Waals surface area contributed by atoms with Crippen LogP contribution in [0.4, 0.5) is 0 Å². The lowest BCUT2D eigenvalue weighted by atomic mass is 10.3. The zero-order valence-corrected chi connectivity index (χ0v) is 16.9. The maximum absolute atomic E-state index is 12.8. The molecule has 140 valence electrons. The molecular formula is C22H24O4Si. The second kappa shape index (κ2) is 9.14. The number of methoxy groups -OCH3 is 2. The van der Waals surface area contributed by atoms with E-state index in [2.05, 4.69) is 6.58 Å². The van der Waals surface area contributed by atoms with Gasteiger partial charge in [-0.15, -0.1) is 6.58 Å². The molecule has 0 saturated carbocycles. The Morgan fingerprint density at radius 3 is 1.78 bits per heavy atom. The van der Waals surface area contributed by atoms with Gasteiger partial charge in [-0.1, -0.05) is 66.2 Å².